The molecular weight excluding hydrogens is 371 g/mol. The maximum absolute atomic E-state index is 13.1. The summed E-state index contributed by atoms with van der Waals surface area (Å²) in [6.45, 7) is 5.35. The van der Waals surface area contributed by atoms with Crippen LogP contribution in [-0.4, -0.2) is 36.2 Å². The number of halogens is 1. The van der Waals surface area contributed by atoms with Gasteiger partial charge in [-0.2, -0.15) is 11.8 Å². The Kier molecular flexibility index (Phi) is 7.92. The Morgan fingerprint density at radius 1 is 1.14 bits per heavy atom. The van der Waals surface area contributed by atoms with Gasteiger partial charge >= 0.3 is 0 Å². The summed E-state index contributed by atoms with van der Waals surface area (Å²) in [4.78, 5) is 14.8. The largest absolute Gasteiger partial charge is 0.355 e. The van der Waals surface area contributed by atoms with E-state index in [0.717, 1.165) is 49.5 Å². The summed E-state index contributed by atoms with van der Waals surface area (Å²) < 4.78 is 13.1. The summed E-state index contributed by atoms with van der Waals surface area (Å²) in [7, 11) is 0. The number of nitrogens with zero attached hydrogens (tertiary/aromatic N) is 1. The van der Waals surface area contributed by atoms with Gasteiger partial charge in [0.05, 0.1) is 5.92 Å². The van der Waals surface area contributed by atoms with E-state index in [0.29, 0.717) is 6.54 Å². The third-order valence-corrected chi connectivity index (χ3v) is 6.16. The summed E-state index contributed by atoms with van der Waals surface area (Å²) in [6.07, 6.45) is 1.98. The number of aryl methyl sites for hydroxylation is 1. The molecule has 0 aliphatic carbocycles. The molecule has 5 heteroatoms. The molecule has 1 aliphatic heterocycles. The molecule has 2 aromatic rings. The van der Waals surface area contributed by atoms with Gasteiger partial charge in [-0.25, -0.2) is 4.39 Å². The molecule has 0 radical (unpaired) electrons. The van der Waals surface area contributed by atoms with Crippen LogP contribution in [0.15, 0.2) is 48.5 Å². The molecule has 0 bridgehead atoms. The molecule has 1 atom stereocenters. The number of amides is 1. The Balaban J connectivity index is 1.35. The van der Waals surface area contributed by atoms with Gasteiger partial charge < -0.3 is 5.32 Å². The Morgan fingerprint density at radius 2 is 1.86 bits per heavy atom. The number of carbonyl (C=O) groups excluding carboxylic acids is 1. The molecule has 1 fully saturated rings. The van der Waals surface area contributed by atoms with Crippen molar-refractivity contribution >= 4 is 17.7 Å². The molecule has 0 saturated carbocycles. The Bertz CT molecular complexity index is 748. The normalized spacial score (nSPS) is 17.4. The average Bonchev–Trinajstić information content (AvgIpc) is 2.71. The zero-order valence-corrected chi connectivity index (χ0v) is 17.3. The van der Waals surface area contributed by atoms with Crippen LogP contribution in [0.4, 0.5) is 4.39 Å². The highest BCUT2D eigenvalue weighted by Gasteiger charge is 2.25. The van der Waals surface area contributed by atoms with Gasteiger partial charge in [-0.15, -0.1) is 0 Å². The van der Waals surface area contributed by atoms with Crippen molar-refractivity contribution in [2.24, 2.45) is 5.92 Å². The second kappa shape index (κ2) is 10.6. The van der Waals surface area contributed by atoms with E-state index >= 15 is 0 Å². The van der Waals surface area contributed by atoms with Crippen molar-refractivity contribution in [3.8, 4) is 0 Å². The lowest BCUT2D eigenvalue weighted by molar-refractivity contribution is -0.126. The molecular formula is C23H29FN2OS. The first-order chi connectivity index (χ1) is 13.6. The van der Waals surface area contributed by atoms with Crippen LogP contribution in [0.2, 0.25) is 0 Å². The van der Waals surface area contributed by atoms with Crippen molar-refractivity contribution in [2.45, 2.75) is 32.1 Å². The van der Waals surface area contributed by atoms with Gasteiger partial charge in [-0.1, -0.05) is 42.0 Å². The highest BCUT2D eigenvalue weighted by atomic mass is 32.2. The molecule has 0 spiro atoms. The van der Waals surface area contributed by atoms with Crippen LogP contribution < -0.4 is 5.32 Å². The zero-order chi connectivity index (χ0) is 19.8. The van der Waals surface area contributed by atoms with Gasteiger partial charge in [0.2, 0.25) is 5.91 Å². The predicted molar refractivity (Wildman–Crippen MR) is 115 cm³/mol. The third kappa shape index (κ3) is 6.64. The van der Waals surface area contributed by atoms with E-state index in [1.807, 2.05) is 23.9 Å². The molecule has 28 heavy (non-hydrogen) atoms. The van der Waals surface area contributed by atoms with E-state index in [2.05, 4.69) is 41.4 Å². The average molecular weight is 401 g/mol. The van der Waals surface area contributed by atoms with Gasteiger partial charge in [0.1, 0.15) is 5.82 Å². The van der Waals surface area contributed by atoms with E-state index in [4.69, 9.17) is 0 Å². The smallest absolute Gasteiger partial charge is 0.224 e. The minimum absolute atomic E-state index is 0.0521. The summed E-state index contributed by atoms with van der Waals surface area (Å²) >= 11 is 1.85. The van der Waals surface area contributed by atoms with Gasteiger partial charge in [-0.05, 0) is 49.6 Å². The van der Waals surface area contributed by atoms with E-state index < -0.39 is 0 Å². The first-order valence-electron chi connectivity index (χ1n) is 9.98. The lowest BCUT2D eigenvalue weighted by Crippen LogP contribution is -2.43. The van der Waals surface area contributed by atoms with Crippen LogP contribution in [0.1, 0.15) is 29.5 Å². The fraction of sp³-hybridized carbons (Fsp3) is 0.435. The number of thioether (sulfide) groups is 1. The van der Waals surface area contributed by atoms with Crippen LogP contribution in [-0.2, 0) is 17.1 Å². The first kappa shape index (κ1) is 20.9. The van der Waals surface area contributed by atoms with Crippen molar-refractivity contribution in [3.63, 3.8) is 0 Å². The van der Waals surface area contributed by atoms with E-state index in [-0.39, 0.29) is 17.6 Å². The number of carbonyl (C=O) groups is 1. The minimum Gasteiger partial charge on any atom is -0.355 e. The Morgan fingerprint density at radius 3 is 2.61 bits per heavy atom. The fourth-order valence-corrected chi connectivity index (χ4v) is 4.35. The van der Waals surface area contributed by atoms with Gasteiger partial charge in [0, 0.05) is 31.1 Å². The first-order valence-corrected chi connectivity index (χ1v) is 11.1. The predicted octanol–water partition coefficient (Wildman–Crippen LogP) is 4.40. The number of hydrogen-bond acceptors (Lipinski definition) is 3. The number of benzene rings is 2. The number of hydrogen-bond donors (Lipinski definition) is 1. The highest BCUT2D eigenvalue weighted by molar-refractivity contribution is 7.98. The number of likely N-dealkylation sites (tertiary alicyclic amines) is 1. The Labute approximate surface area is 171 Å². The molecule has 1 heterocycles. The summed E-state index contributed by atoms with van der Waals surface area (Å²) in [5, 5.41) is 3.10. The van der Waals surface area contributed by atoms with Crippen LogP contribution in [0.3, 0.4) is 0 Å². The minimum atomic E-state index is -0.208. The topological polar surface area (TPSA) is 32.3 Å². The van der Waals surface area contributed by atoms with E-state index in [1.165, 1.54) is 23.3 Å². The summed E-state index contributed by atoms with van der Waals surface area (Å²) in [6, 6.07) is 15.2. The standard InChI is InChI=1S/C23H29FN2OS/c1-18-4-6-20(7-5-18)17-28-14-12-25-23(27)21-3-2-13-26(16-21)15-19-8-10-22(24)11-9-19/h4-11,21H,2-3,12-17H2,1H3,(H,25,27)/t21-/m1/s1. The zero-order valence-electron chi connectivity index (χ0n) is 16.5. The van der Waals surface area contributed by atoms with Gasteiger partial charge in [0.15, 0.2) is 0 Å². The van der Waals surface area contributed by atoms with Crippen molar-refractivity contribution < 1.29 is 9.18 Å². The number of piperidine rings is 1. The van der Waals surface area contributed by atoms with Crippen LogP contribution in [0, 0.1) is 18.7 Å². The quantitative estimate of drug-likeness (QED) is 0.667. The molecule has 150 valence electrons. The molecule has 0 aromatic heterocycles. The maximum atomic E-state index is 13.1. The molecule has 3 nitrogen and oxygen atoms in total. The second-order valence-corrected chi connectivity index (χ2v) is 8.64. The van der Waals surface area contributed by atoms with E-state index in [1.54, 1.807) is 0 Å². The monoisotopic (exact) mass is 400 g/mol. The van der Waals surface area contributed by atoms with Crippen LogP contribution in [0.5, 0.6) is 0 Å². The van der Waals surface area contributed by atoms with Crippen LogP contribution >= 0.6 is 11.8 Å². The van der Waals surface area contributed by atoms with Crippen molar-refractivity contribution in [1.82, 2.24) is 10.2 Å². The van der Waals surface area contributed by atoms with Gasteiger partial charge in [-0.3, -0.25) is 9.69 Å². The maximum Gasteiger partial charge on any atom is 0.224 e. The SMILES string of the molecule is Cc1ccc(CSCCNC(=O)[C@@H]2CCCN(Cc3ccc(F)cc3)C2)cc1. The third-order valence-electron chi connectivity index (χ3n) is 5.13. The van der Waals surface area contributed by atoms with Gasteiger partial charge in [0.25, 0.3) is 0 Å². The van der Waals surface area contributed by atoms with Crippen molar-refractivity contribution in [3.05, 3.63) is 71.0 Å². The van der Waals surface area contributed by atoms with Crippen LogP contribution in [0.25, 0.3) is 0 Å². The molecule has 0 unspecified atom stereocenters. The van der Waals surface area contributed by atoms with Crippen molar-refractivity contribution in [2.75, 3.05) is 25.4 Å². The second-order valence-electron chi connectivity index (χ2n) is 7.53. The molecule has 1 amide bonds. The molecule has 3 rings (SSSR count). The van der Waals surface area contributed by atoms with Crippen molar-refractivity contribution in [1.29, 1.82) is 0 Å². The fourth-order valence-electron chi connectivity index (χ4n) is 3.53. The number of rotatable bonds is 8. The van der Waals surface area contributed by atoms with E-state index in [9.17, 15) is 9.18 Å². The number of nitrogens with one attached hydrogen (secondary N) is 1. The Hall–Kier alpha value is -1.85. The highest BCUT2D eigenvalue weighted by Crippen LogP contribution is 2.19. The summed E-state index contributed by atoms with van der Waals surface area (Å²) in [5.41, 5.74) is 3.70. The lowest BCUT2D eigenvalue weighted by Gasteiger charge is -2.32. The lowest BCUT2D eigenvalue weighted by atomic mass is 9.96. The summed E-state index contributed by atoms with van der Waals surface area (Å²) in [5.74, 6) is 1.91. The molecule has 1 saturated heterocycles. The molecule has 1 N–H and O–H groups in total. The molecule has 2 aromatic carbocycles. The molecule has 1 aliphatic rings.